The topological polar surface area (TPSA) is 87.7 Å². The van der Waals surface area contributed by atoms with Crippen LogP contribution < -0.4 is 15.0 Å². The minimum absolute atomic E-state index is 0.0282. The number of amides is 2. The Hall–Kier alpha value is -3.13. The van der Waals surface area contributed by atoms with Crippen molar-refractivity contribution in [3.63, 3.8) is 0 Å². The van der Waals surface area contributed by atoms with Crippen LogP contribution in [0.3, 0.4) is 0 Å². The van der Waals surface area contributed by atoms with Crippen LogP contribution in [0.5, 0.6) is 5.88 Å². The molecule has 0 radical (unpaired) electrons. The Morgan fingerprint density at radius 3 is 2.76 bits per heavy atom. The summed E-state index contributed by atoms with van der Waals surface area (Å²) in [4.78, 5) is 36.1. The smallest absolute Gasteiger partial charge is 0.253 e. The van der Waals surface area contributed by atoms with Gasteiger partial charge in [0.25, 0.3) is 5.91 Å². The number of aromatic nitrogens is 2. The molecule has 1 atom stereocenters. The Morgan fingerprint density at radius 2 is 2.10 bits per heavy atom. The molecule has 0 saturated carbocycles. The van der Waals surface area contributed by atoms with Crippen molar-refractivity contribution in [2.75, 3.05) is 37.5 Å². The van der Waals surface area contributed by atoms with Gasteiger partial charge >= 0.3 is 0 Å². The summed E-state index contributed by atoms with van der Waals surface area (Å²) in [6, 6.07) is 6.96. The molecule has 3 rings (SSSR count). The lowest BCUT2D eigenvalue weighted by molar-refractivity contribution is -0.113. The zero-order valence-electron chi connectivity index (χ0n) is 16.3. The molecule has 1 saturated heterocycles. The monoisotopic (exact) mass is 415 g/mol. The molecule has 29 heavy (non-hydrogen) atoms. The lowest BCUT2D eigenvalue weighted by Crippen LogP contribution is -2.32. The van der Waals surface area contributed by atoms with Crippen LogP contribution in [0.1, 0.15) is 16.8 Å². The van der Waals surface area contributed by atoms with E-state index in [4.69, 9.17) is 16.3 Å². The Kier molecular flexibility index (Phi) is 6.33. The van der Waals surface area contributed by atoms with Crippen LogP contribution in [0, 0.1) is 0 Å². The number of hydrogen-bond acceptors (Lipinski definition) is 6. The van der Waals surface area contributed by atoms with Crippen LogP contribution in [0.15, 0.2) is 43.1 Å². The Balaban J connectivity index is 1.61. The van der Waals surface area contributed by atoms with Gasteiger partial charge in [0.05, 0.1) is 13.3 Å². The maximum Gasteiger partial charge on any atom is 0.253 e. The molecule has 9 heteroatoms. The summed E-state index contributed by atoms with van der Waals surface area (Å²) < 4.78 is 5.10. The highest BCUT2D eigenvalue weighted by Crippen LogP contribution is 2.23. The number of carbonyl (C=O) groups excluding carboxylic acids is 2. The molecule has 0 unspecified atom stereocenters. The van der Waals surface area contributed by atoms with Gasteiger partial charge in [0.2, 0.25) is 17.7 Å². The number of likely N-dealkylation sites (N-methyl/N-ethyl adjacent to an activating group) is 1. The van der Waals surface area contributed by atoms with Gasteiger partial charge < -0.3 is 19.9 Å². The van der Waals surface area contributed by atoms with Crippen molar-refractivity contribution in [3.05, 3.63) is 53.7 Å². The number of hydrogen-bond donors (Lipinski definition) is 1. The van der Waals surface area contributed by atoms with Crippen molar-refractivity contribution in [2.24, 2.45) is 0 Å². The van der Waals surface area contributed by atoms with Gasteiger partial charge in [-0.25, -0.2) is 4.98 Å². The first-order valence-corrected chi connectivity index (χ1v) is 9.43. The number of likely N-dealkylation sites (tertiary alicyclic amines) is 1. The summed E-state index contributed by atoms with van der Waals surface area (Å²) >= 11 is 5.94. The number of benzene rings is 1. The van der Waals surface area contributed by atoms with Crippen LogP contribution >= 0.6 is 11.6 Å². The Bertz CT molecular complexity index is 919. The fourth-order valence-electron chi connectivity index (χ4n) is 3.08. The van der Waals surface area contributed by atoms with Gasteiger partial charge in [-0.15, -0.1) is 0 Å². The van der Waals surface area contributed by atoms with E-state index in [-0.39, 0.29) is 17.9 Å². The first kappa shape index (κ1) is 20.6. The van der Waals surface area contributed by atoms with Crippen molar-refractivity contribution in [3.8, 4) is 5.88 Å². The molecule has 1 fully saturated rings. The normalized spacial score (nSPS) is 15.7. The molecule has 1 aliphatic rings. The molecule has 152 valence electrons. The molecule has 0 aliphatic carbocycles. The van der Waals surface area contributed by atoms with E-state index in [0.29, 0.717) is 41.2 Å². The van der Waals surface area contributed by atoms with E-state index in [1.807, 2.05) is 0 Å². The molecule has 2 amide bonds. The molecule has 1 aromatic heterocycles. The molecular weight excluding hydrogens is 394 g/mol. The Morgan fingerprint density at radius 1 is 1.38 bits per heavy atom. The largest absolute Gasteiger partial charge is 0.480 e. The predicted octanol–water partition coefficient (Wildman–Crippen LogP) is 2.61. The number of halogens is 1. The van der Waals surface area contributed by atoms with Crippen LogP contribution in [0.25, 0.3) is 0 Å². The molecule has 2 aromatic rings. The van der Waals surface area contributed by atoms with Crippen LogP contribution in [0.2, 0.25) is 5.02 Å². The lowest BCUT2D eigenvalue weighted by atomic mass is 10.1. The van der Waals surface area contributed by atoms with Crippen LogP contribution in [-0.4, -0.2) is 60.0 Å². The molecule has 1 N–H and O–H groups in total. The summed E-state index contributed by atoms with van der Waals surface area (Å²) in [5, 5.41) is 3.55. The average Bonchev–Trinajstić information content (AvgIpc) is 3.22. The van der Waals surface area contributed by atoms with Crippen LogP contribution in [-0.2, 0) is 4.79 Å². The van der Waals surface area contributed by atoms with Crippen LogP contribution in [0.4, 0.5) is 11.6 Å². The zero-order chi connectivity index (χ0) is 21.0. The summed E-state index contributed by atoms with van der Waals surface area (Å²) in [5.41, 5.74) is 1.26. The molecular formula is C20H22ClN5O3. The van der Waals surface area contributed by atoms with E-state index in [2.05, 4.69) is 21.9 Å². The summed E-state index contributed by atoms with van der Waals surface area (Å²) in [7, 11) is 3.15. The summed E-state index contributed by atoms with van der Waals surface area (Å²) in [5.74, 6) is 0.437. The fraction of sp³-hybridized carbons (Fsp3) is 0.300. The van der Waals surface area contributed by atoms with Gasteiger partial charge in [-0.2, -0.15) is 4.98 Å². The first-order chi connectivity index (χ1) is 13.9. The fourth-order valence-corrected chi connectivity index (χ4v) is 3.25. The number of nitrogens with zero attached hydrogens (tertiary/aromatic N) is 4. The van der Waals surface area contributed by atoms with E-state index in [1.165, 1.54) is 24.3 Å². The SMILES string of the molecule is C=CC(=O)N(C)c1ccc(C(=O)N2CC[C@H](Nc3ncc(Cl)c(OC)n3)C2)cc1. The predicted molar refractivity (Wildman–Crippen MR) is 112 cm³/mol. The highest BCUT2D eigenvalue weighted by Gasteiger charge is 2.27. The van der Waals surface area contributed by atoms with Crippen molar-refractivity contribution in [1.82, 2.24) is 14.9 Å². The standard InChI is InChI=1S/C20H22ClN5O3/c1-4-17(27)25(2)15-7-5-13(6-8-15)19(28)26-10-9-14(12-26)23-20-22-11-16(21)18(24-20)29-3/h4-8,11,14H,1,9-10,12H2,2-3H3,(H,22,23,24)/t14-/m0/s1. The lowest BCUT2D eigenvalue weighted by Gasteiger charge is -2.19. The number of anilines is 2. The maximum atomic E-state index is 12.8. The maximum absolute atomic E-state index is 12.8. The molecule has 0 spiro atoms. The average molecular weight is 416 g/mol. The zero-order valence-corrected chi connectivity index (χ0v) is 17.0. The van der Waals surface area contributed by atoms with Crippen molar-refractivity contribution in [1.29, 1.82) is 0 Å². The molecule has 1 aliphatic heterocycles. The number of rotatable bonds is 6. The number of ether oxygens (including phenoxy) is 1. The van der Waals surface area contributed by atoms with Crippen molar-refractivity contribution in [2.45, 2.75) is 12.5 Å². The van der Waals surface area contributed by atoms with Gasteiger partial charge in [0.1, 0.15) is 5.02 Å². The van der Waals surface area contributed by atoms with Gasteiger partial charge in [0.15, 0.2) is 0 Å². The summed E-state index contributed by atoms with van der Waals surface area (Å²) in [6.45, 7) is 4.63. The highest BCUT2D eigenvalue weighted by atomic mass is 35.5. The van der Waals surface area contributed by atoms with Gasteiger partial charge in [-0.3, -0.25) is 9.59 Å². The highest BCUT2D eigenvalue weighted by molar-refractivity contribution is 6.31. The molecule has 1 aromatic carbocycles. The minimum atomic E-state index is -0.210. The van der Waals surface area contributed by atoms with Crippen molar-refractivity contribution < 1.29 is 14.3 Å². The molecule has 0 bridgehead atoms. The van der Waals surface area contributed by atoms with Gasteiger partial charge in [-0.1, -0.05) is 18.2 Å². The second-order valence-electron chi connectivity index (χ2n) is 6.58. The van der Waals surface area contributed by atoms with Gasteiger partial charge in [0, 0.05) is 37.4 Å². The van der Waals surface area contributed by atoms with Crippen molar-refractivity contribution >= 4 is 35.1 Å². The number of carbonyl (C=O) groups is 2. The second kappa shape index (κ2) is 8.91. The Labute approximate surface area is 174 Å². The number of methoxy groups -OCH3 is 1. The van der Waals surface area contributed by atoms with E-state index >= 15 is 0 Å². The third-order valence-corrected chi connectivity index (χ3v) is 4.98. The number of nitrogens with one attached hydrogen (secondary N) is 1. The van der Waals surface area contributed by atoms with Gasteiger partial charge in [-0.05, 0) is 36.8 Å². The molecule has 8 nitrogen and oxygen atoms in total. The second-order valence-corrected chi connectivity index (χ2v) is 6.99. The third kappa shape index (κ3) is 4.65. The van der Waals surface area contributed by atoms with E-state index in [9.17, 15) is 9.59 Å². The van der Waals surface area contributed by atoms with E-state index in [0.717, 1.165) is 6.42 Å². The summed E-state index contributed by atoms with van der Waals surface area (Å²) in [6.07, 6.45) is 3.49. The van der Waals surface area contributed by atoms with E-state index < -0.39 is 0 Å². The third-order valence-electron chi connectivity index (χ3n) is 4.72. The first-order valence-electron chi connectivity index (χ1n) is 9.05. The quantitative estimate of drug-likeness (QED) is 0.730. The molecule has 2 heterocycles. The minimum Gasteiger partial charge on any atom is -0.480 e. The van der Waals surface area contributed by atoms with E-state index in [1.54, 1.807) is 36.2 Å².